The Morgan fingerprint density at radius 1 is 1.10 bits per heavy atom. The van der Waals surface area contributed by atoms with Crippen LogP contribution in [0.2, 0.25) is 10.0 Å². The van der Waals surface area contributed by atoms with E-state index >= 15 is 0 Å². The summed E-state index contributed by atoms with van der Waals surface area (Å²) in [5, 5.41) is 13.7. The third kappa shape index (κ3) is 6.98. The highest BCUT2D eigenvalue weighted by Crippen LogP contribution is 2.48. The van der Waals surface area contributed by atoms with Crippen LogP contribution in [-0.2, 0) is 37.6 Å². The van der Waals surface area contributed by atoms with Gasteiger partial charge in [-0.25, -0.2) is 18.6 Å². The van der Waals surface area contributed by atoms with Crippen LogP contribution in [0.1, 0.15) is 84.4 Å². The van der Waals surface area contributed by atoms with Gasteiger partial charge in [-0.2, -0.15) is 4.73 Å². The van der Waals surface area contributed by atoms with Crippen molar-refractivity contribution in [2.24, 2.45) is 0 Å². The summed E-state index contributed by atoms with van der Waals surface area (Å²) in [5.41, 5.74) is 4.20. The van der Waals surface area contributed by atoms with Gasteiger partial charge >= 0.3 is 0 Å². The van der Waals surface area contributed by atoms with Gasteiger partial charge in [-0.1, -0.05) is 60.3 Å². The maximum absolute atomic E-state index is 14.4. The lowest BCUT2D eigenvalue weighted by atomic mass is 9.76. The first-order chi connectivity index (χ1) is 22.7. The van der Waals surface area contributed by atoms with E-state index in [1.54, 1.807) is 67.3 Å². The van der Waals surface area contributed by atoms with Gasteiger partial charge < -0.3 is 19.6 Å². The number of sulfonamides is 1. The number of hydrogen-bond acceptors (Lipinski definition) is 8. The molecule has 6 rings (SSSR count). The van der Waals surface area contributed by atoms with Gasteiger partial charge in [0.25, 0.3) is 17.5 Å². The first kappa shape index (κ1) is 34.4. The van der Waals surface area contributed by atoms with Crippen molar-refractivity contribution in [3.05, 3.63) is 97.9 Å². The van der Waals surface area contributed by atoms with Crippen molar-refractivity contribution in [2.75, 3.05) is 6.26 Å². The minimum atomic E-state index is -3.63. The molecule has 1 aromatic heterocycles. The van der Waals surface area contributed by atoms with E-state index in [-0.39, 0.29) is 35.5 Å². The van der Waals surface area contributed by atoms with Crippen molar-refractivity contribution in [3.63, 3.8) is 0 Å². The molecule has 0 saturated heterocycles. The van der Waals surface area contributed by atoms with Crippen LogP contribution in [0.4, 0.5) is 0 Å². The topological polar surface area (TPSA) is 150 Å². The molecule has 15 heteroatoms. The number of fused-ring (bicyclic) bond motifs is 2. The minimum absolute atomic E-state index is 0.0363. The Hall–Kier alpha value is -3.46. The molecule has 1 saturated carbocycles. The molecule has 2 amide bonds. The van der Waals surface area contributed by atoms with Gasteiger partial charge in [0.1, 0.15) is 6.61 Å². The summed E-state index contributed by atoms with van der Waals surface area (Å²) in [6.07, 6.45) is 3.61. The average Bonchev–Trinajstić information content (AvgIpc) is 3.01. The average molecular weight is 720 g/mol. The second kappa shape index (κ2) is 13.4. The Kier molecular flexibility index (Phi) is 9.64. The molecule has 3 aromatic rings. The van der Waals surface area contributed by atoms with Crippen LogP contribution in [-0.4, -0.2) is 49.3 Å². The van der Waals surface area contributed by atoms with Crippen LogP contribution in [0.3, 0.4) is 0 Å². The lowest BCUT2D eigenvalue weighted by molar-refractivity contribution is -0.630. The number of nitrogens with zero attached hydrogens (tertiary/aromatic N) is 2. The summed E-state index contributed by atoms with van der Waals surface area (Å²) in [6.45, 7) is 3.25. The first-order valence-corrected chi connectivity index (χ1v) is 18.2. The molecule has 1 fully saturated rings. The summed E-state index contributed by atoms with van der Waals surface area (Å²) in [7, 11) is -3.63. The van der Waals surface area contributed by atoms with E-state index in [9.17, 15) is 23.2 Å². The molecule has 2 aromatic carbocycles. The molecule has 0 bridgehead atoms. The van der Waals surface area contributed by atoms with Crippen molar-refractivity contribution in [1.82, 2.24) is 15.1 Å². The molecule has 2 aliphatic heterocycles. The maximum Gasteiger partial charge on any atom is 0.261 e. The third-order valence-electron chi connectivity index (χ3n) is 8.91. The van der Waals surface area contributed by atoms with E-state index < -0.39 is 45.8 Å². The second-order valence-electron chi connectivity index (χ2n) is 12.7. The van der Waals surface area contributed by atoms with Gasteiger partial charge in [0.05, 0.1) is 18.2 Å². The summed E-state index contributed by atoms with van der Waals surface area (Å²) in [5.74, 6) is -2.47. The van der Waals surface area contributed by atoms with Gasteiger partial charge in [0, 0.05) is 47.6 Å². The van der Waals surface area contributed by atoms with E-state index in [1.165, 1.54) is 6.07 Å². The van der Waals surface area contributed by atoms with Crippen LogP contribution in [0.25, 0.3) is 0 Å². The molecule has 1 aliphatic carbocycles. The van der Waals surface area contributed by atoms with Crippen LogP contribution >= 0.6 is 23.2 Å². The first-order valence-electron chi connectivity index (χ1n) is 15.6. The lowest BCUT2D eigenvalue weighted by Crippen LogP contribution is -2.59. The van der Waals surface area contributed by atoms with Crippen LogP contribution in [0.15, 0.2) is 54.6 Å². The Balaban J connectivity index is 1.36. The zero-order chi connectivity index (χ0) is 34.4. The number of hydroxylamine groups is 1. The van der Waals surface area contributed by atoms with Crippen molar-refractivity contribution < 1.29 is 37.0 Å². The van der Waals surface area contributed by atoms with E-state index in [0.29, 0.717) is 45.0 Å². The molecule has 12 nitrogen and oxygen atoms in total. The number of hydrogen-bond donors (Lipinski definition) is 2. The normalized spacial score (nSPS) is 23.5. The predicted molar refractivity (Wildman–Crippen MR) is 176 cm³/mol. The lowest BCUT2D eigenvalue weighted by Gasteiger charge is -2.49. The van der Waals surface area contributed by atoms with Crippen molar-refractivity contribution in [1.29, 1.82) is 0 Å². The maximum atomic E-state index is 14.4. The number of amides is 2. The number of carbonyl (C=O) groups excluding carboxylic acids is 2. The molecule has 0 radical (unpaired) electrons. The Labute approximate surface area is 288 Å². The second-order valence-corrected chi connectivity index (χ2v) is 15.3. The predicted octanol–water partition coefficient (Wildman–Crippen LogP) is 4.66. The van der Waals surface area contributed by atoms with Crippen molar-refractivity contribution >= 4 is 45.0 Å². The third-order valence-corrected chi connectivity index (χ3v) is 10.2. The molecular formula is C33H36Cl2N4O8S. The number of nitrogens with one attached hydrogen (secondary N) is 2. The number of halogens is 2. The fourth-order valence-corrected chi connectivity index (χ4v) is 8.19. The zero-order valence-corrected chi connectivity index (χ0v) is 28.9. The van der Waals surface area contributed by atoms with Crippen LogP contribution < -0.4 is 19.7 Å². The van der Waals surface area contributed by atoms with E-state index in [0.717, 1.165) is 19.1 Å². The number of rotatable bonds is 8. The minimum Gasteiger partial charge on any atom is -0.618 e. The molecule has 3 heterocycles. The monoisotopic (exact) mass is 718 g/mol. The van der Waals surface area contributed by atoms with E-state index in [1.807, 2.05) is 0 Å². The number of ether oxygens (including phenoxy) is 2. The summed E-state index contributed by atoms with van der Waals surface area (Å²) < 4.78 is 39.6. The van der Waals surface area contributed by atoms with Gasteiger partial charge in [-0.05, 0) is 48.2 Å². The highest BCUT2D eigenvalue weighted by molar-refractivity contribution is 7.88. The molecule has 3 aliphatic rings. The number of benzene rings is 2. The molecule has 2 N–H and O–H groups in total. The van der Waals surface area contributed by atoms with Crippen LogP contribution in [0.5, 0.6) is 5.75 Å². The van der Waals surface area contributed by atoms with E-state index in [4.69, 9.17) is 37.5 Å². The molecular weight excluding hydrogens is 683 g/mol. The molecule has 4 atom stereocenters. The standard InChI is InChI=1S/C33H36Cl2N4O8S/c1-33(2)45-18-27-28(47-33)15-13-20(39(27)42)17-46-36-31(40)29-21-8-4-5-9-22(21)32(41)38(30(29)23-14-12-19(34)16-24(23)35)26-11-7-6-10-25(26)37-48(3,43)44/h4-5,8-9,12-16,25-26,29-30,37H,6-7,10-11,17-18H2,1-3H3,(H,36,40)/t25-,26-,29+,30-/m0/s1. The molecule has 48 heavy (non-hydrogen) atoms. The smallest absolute Gasteiger partial charge is 0.261 e. The summed E-state index contributed by atoms with van der Waals surface area (Å²) in [6, 6.07) is 12.7. The zero-order valence-electron chi connectivity index (χ0n) is 26.6. The Morgan fingerprint density at radius 3 is 2.60 bits per heavy atom. The largest absolute Gasteiger partial charge is 0.618 e. The highest BCUT2D eigenvalue weighted by Gasteiger charge is 2.49. The SMILES string of the molecule is CC1(C)OCc2c(ccc(CONC(=O)[C@@H]3c4ccccc4C(=O)N([C@H]4CCCC[C@@H]4NS(C)(=O)=O)[C@H]3c3ccc(Cl)cc3Cl)[n+]2[O-])O1. The Bertz CT molecular complexity index is 1860. The molecule has 0 unspecified atom stereocenters. The summed E-state index contributed by atoms with van der Waals surface area (Å²) in [4.78, 5) is 35.9. The Morgan fingerprint density at radius 2 is 1.85 bits per heavy atom. The van der Waals surface area contributed by atoms with Crippen molar-refractivity contribution in [2.45, 2.75) is 82.6 Å². The summed E-state index contributed by atoms with van der Waals surface area (Å²) >= 11 is 13.0. The van der Waals surface area contributed by atoms with Gasteiger partial charge in [0.2, 0.25) is 21.5 Å². The highest BCUT2D eigenvalue weighted by atomic mass is 35.5. The quantitative estimate of drug-likeness (QED) is 0.194. The van der Waals surface area contributed by atoms with E-state index in [2.05, 4.69) is 10.2 Å². The fourth-order valence-electron chi connectivity index (χ4n) is 6.85. The molecule has 0 spiro atoms. The van der Waals surface area contributed by atoms with Gasteiger partial charge in [-0.15, -0.1) is 0 Å². The fraction of sp³-hybridized carbons (Fsp3) is 0.424. The van der Waals surface area contributed by atoms with Gasteiger partial charge in [0.15, 0.2) is 12.4 Å². The van der Waals surface area contributed by atoms with Crippen molar-refractivity contribution in [3.8, 4) is 5.75 Å². The molecule has 256 valence electrons. The number of carbonyl (C=O) groups is 2. The number of pyridine rings is 1. The van der Waals surface area contributed by atoms with Gasteiger partial charge in [-0.3, -0.25) is 14.4 Å². The number of aromatic nitrogens is 1. The van der Waals surface area contributed by atoms with Crippen LogP contribution in [0, 0.1) is 5.21 Å².